The smallest absolute Gasteiger partial charge is 0.264 e. The minimum atomic E-state index is -0.300. The molecule has 0 fully saturated rings. The van der Waals surface area contributed by atoms with E-state index in [1.54, 1.807) is 42.5 Å². The second-order valence-electron chi connectivity index (χ2n) is 6.53. The van der Waals surface area contributed by atoms with Gasteiger partial charge >= 0.3 is 0 Å². The summed E-state index contributed by atoms with van der Waals surface area (Å²) in [6.45, 7) is 1.89. The van der Waals surface area contributed by atoms with Crippen molar-refractivity contribution in [2.45, 2.75) is 13.5 Å². The quantitative estimate of drug-likeness (QED) is 0.444. The van der Waals surface area contributed by atoms with Crippen molar-refractivity contribution < 1.29 is 14.1 Å². The highest BCUT2D eigenvalue weighted by Gasteiger charge is 2.15. The second kappa shape index (κ2) is 8.80. The lowest BCUT2D eigenvalue weighted by atomic mass is 10.1. The molecule has 0 radical (unpaired) electrons. The Morgan fingerprint density at radius 1 is 1.03 bits per heavy atom. The highest BCUT2D eigenvalue weighted by Crippen LogP contribution is 2.26. The number of aromatic nitrogens is 2. The number of halogens is 1. The minimum absolute atomic E-state index is 0.0420. The van der Waals surface area contributed by atoms with Gasteiger partial charge in [-0.25, -0.2) is 0 Å². The zero-order valence-electron chi connectivity index (χ0n) is 16.1. The number of benzene rings is 3. The lowest BCUT2D eigenvalue weighted by Crippen LogP contribution is -2.14. The topological polar surface area (TPSA) is 77.2 Å². The summed E-state index contributed by atoms with van der Waals surface area (Å²) in [6.07, 6.45) is 0. The molecule has 0 spiro atoms. The summed E-state index contributed by atoms with van der Waals surface area (Å²) in [5, 5.41) is 7.43. The largest absolute Gasteiger partial charge is 0.483 e. The number of carbonyl (C=O) groups is 1. The average Bonchev–Trinajstić information content (AvgIpc) is 3.25. The Hall–Kier alpha value is -3.64. The highest BCUT2D eigenvalue weighted by atomic mass is 35.5. The van der Waals surface area contributed by atoms with E-state index in [0.29, 0.717) is 33.7 Å². The van der Waals surface area contributed by atoms with Gasteiger partial charge < -0.3 is 14.6 Å². The van der Waals surface area contributed by atoms with Gasteiger partial charge in [0.1, 0.15) is 5.75 Å². The number of ether oxygens (including phenoxy) is 1. The monoisotopic (exact) mass is 419 g/mol. The van der Waals surface area contributed by atoms with E-state index in [1.165, 1.54) is 0 Å². The Kier molecular flexibility index (Phi) is 5.77. The normalized spacial score (nSPS) is 10.6. The van der Waals surface area contributed by atoms with Crippen LogP contribution in [-0.4, -0.2) is 16.0 Å². The SMILES string of the molecule is Cc1c(Cl)cccc1NC(=O)c1ccccc1OCc1nc(-c2ccccc2)no1. The molecule has 4 aromatic rings. The molecule has 3 aromatic carbocycles. The third-order valence-corrected chi connectivity index (χ3v) is 4.91. The summed E-state index contributed by atoms with van der Waals surface area (Å²) >= 11 is 6.14. The van der Waals surface area contributed by atoms with Gasteiger partial charge in [0.05, 0.1) is 5.56 Å². The fourth-order valence-electron chi connectivity index (χ4n) is 2.87. The van der Waals surface area contributed by atoms with Gasteiger partial charge in [-0.3, -0.25) is 4.79 Å². The van der Waals surface area contributed by atoms with Gasteiger partial charge in [-0.05, 0) is 36.8 Å². The first-order chi connectivity index (χ1) is 14.6. The number of amides is 1. The van der Waals surface area contributed by atoms with Crippen molar-refractivity contribution in [2.75, 3.05) is 5.32 Å². The standard InChI is InChI=1S/C23H18ClN3O3/c1-15-18(24)11-7-12-19(15)25-23(28)17-10-5-6-13-20(17)29-14-21-26-22(27-30-21)16-8-3-2-4-9-16/h2-13H,14H2,1H3,(H,25,28). The van der Waals surface area contributed by atoms with Crippen molar-refractivity contribution in [3.8, 4) is 17.1 Å². The molecule has 0 aliphatic heterocycles. The predicted octanol–water partition coefficient (Wildman–Crippen LogP) is 5.53. The lowest BCUT2D eigenvalue weighted by molar-refractivity contribution is 0.102. The summed E-state index contributed by atoms with van der Waals surface area (Å²) in [6, 6.07) is 21.8. The van der Waals surface area contributed by atoms with Gasteiger partial charge in [0.25, 0.3) is 11.8 Å². The molecular formula is C23H18ClN3O3. The Morgan fingerprint density at radius 2 is 1.80 bits per heavy atom. The fourth-order valence-corrected chi connectivity index (χ4v) is 3.04. The van der Waals surface area contributed by atoms with Crippen molar-refractivity contribution >= 4 is 23.2 Å². The third kappa shape index (κ3) is 4.34. The van der Waals surface area contributed by atoms with Crippen LogP contribution in [0.15, 0.2) is 77.3 Å². The van der Waals surface area contributed by atoms with Crippen LogP contribution in [0.1, 0.15) is 21.8 Å². The number of hydrogen-bond donors (Lipinski definition) is 1. The molecule has 0 saturated carbocycles. The van der Waals surface area contributed by atoms with Crippen molar-refractivity contribution in [1.82, 2.24) is 10.1 Å². The van der Waals surface area contributed by atoms with Crippen LogP contribution in [0, 0.1) is 6.92 Å². The first-order valence-electron chi connectivity index (χ1n) is 9.28. The average molecular weight is 420 g/mol. The number of hydrogen-bond acceptors (Lipinski definition) is 5. The van der Waals surface area contributed by atoms with E-state index in [-0.39, 0.29) is 12.5 Å². The number of nitrogens with zero attached hydrogens (tertiary/aromatic N) is 2. The Balaban J connectivity index is 1.48. The molecule has 0 unspecified atom stereocenters. The molecule has 0 atom stereocenters. The second-order valence-corrected chi connectivity index (χ2v) is 6.94. The Morgan fingerprint density at radius 3 is 2.63 bits per heavy atom. The van der Waals surface area contributed by atoms with E-state index in [1.807, 2.05) is 37.3 Å². The van der Waals surface area contributed by atoms with E-state index in [2.05, 4.69) is 15.5 Å². The number of para-hydroxylation sites is 1. The van der Waals surface area contributed by atoms with Crippen LogP contribution >= 0.6 is 11.6 Å². The molecule has 1 heterocycles. The van der Waals surface area contributed by atoms with Crippen LogP contribution in [0.3, 0.4) is 0 Å². The van der Waals surface area contributed by atoms with Crippen LogP contribution in [0.2, 0.25) is 5.02 Å². The zero-order valence-corrected chi connectivity index (χ0v) is 16.9. The first kappa shape index (κ1) is 19.7. The highest BCUT2D eigenvalue weighted by molar-refractivity contribution is 6.31. The third-order valence-electron chi connectivity index (χ3n) is 4.50. The molecule has 0 saturated heterocycles. The molecule has 7 heteroatoms. The number of rotatable bonds is 6. The summed E-state index contributed by atoms with van der Waals surface area (Å²) < 4.78 is 11.1. The van der Waals surface area contributed by atoms with E-state index in [9.17, 15) is 4.79 Å². The molecule has 1 N–H and O–H groups in total. The van der Waals surface area contributed by atoms with Gasteiger partial charge in [-0.2, -0.15) is 4.98 Å². The van der Waals surface area contributed by atoms with E-state index >= 15 is 0 Å². The molecular weight excluding hydrogens is 402 g/mol. The maximum atomic E-state index is 12.8. The number of anilines is 1. The molecule has 150 valence electrons. The Labute approximate surface area is 178 Å². The molecule has 4 rings (SSSR count). The number of carbonyl (C=O) groups excluding carboxylic acids is 1. The van der Waals surface area contributed by atoms with Gasteiger partial charge in [0.2, 0.25) is 5.82 Å². The molecule has 0 aliphatic carbocycles. The van der Waals surface area contributed by atoms with Crippen LogP contribution in [0.25, 0.3) is 11.4 Å². The molecule has 1 aromatic heterocycles. The van der Waals surface area contributed by atoms with E-state index < -0.39 is 0 Å². The van der Waals surface area contributed by atoms with Crippen LogP contribution < -0.4 is 10.1 Å². The summed E-state index contributed by atoms with van der Waals surface area (Å²) in [7, 11) is 0. The van der Waals surface area contributed by atoms with Gasteiger partial charge in [0, 0.05) is 16.3 Å². The first-order valence-corrected chi connectivity index (χ1v) is 9.66. The van der Waals surface area contributed by atoms with Crippen molar-refractivity contribution in [2.24, 2.45) is 0 Å². The van der Waals surface area contributed by atoms with E-state index in [4.69, 9.17) is 20.9 Å². The zero-order chi connectivity index (χ0) is 20.9. The molecule has 0 aliphatic rings. The van der Waals surface area contributed by atoms with Gasteiger partial charge in [-0.15, -0.1) is 0 Å². The maximum absolute atomic E-state index is 12.8. The molecule has 1 amide bonds. The van der Waals surface area contributed by atoms with E-state index in [0.717, 1.165) is 11.1 Å². The van der Waals surface area contributed by atoms with Gasteiger partial charge in [0.15, 0.2) is 6.61 Å². The predicted molar refractivity (Wildman–Crippen MR) is 115 cm³/mol. The summed E-state index contributed by atoms with van der Waals surface area (Å²) in [4.78, 5) is 17.2. The fraction of sp³-hybridized carbons (Fsp3) is 0.0870. The summed E-state index contributed by atoms with van der Waals surface area (Å²) in [5.41, 5.74) is 2.68. The van der Waals surface area contributed by atoms with Crippen LogP contribution in [0.4, 0.5) is 5.69 Å². The van der Waals surface area contributed by atoms with Crippen molar-refractivity contribution in [3.05, 3.63) is 94.8 Å². The molecule has 6 nitrogen and oxygen atoms in total. The van der Waals surface area contributed by atoms with Crippen LogP contribution in [0.5, 0.6) is 5.75 Å². The van der Waals surface area contributed by atoms with Crippen molar-refractivity contribution in [1.29, 1.82) is 0 Å². The van der Waals surface area contributed by atoms with Gasteiger partial charge in [-0.1, -0.05) is 65.3 Å². The Bertz CT molecular complexity index is 1180. The molecule has 0 bridgehead atoms. The lowest BCUT2D eigenvalue weighted by Gasteiger charge is -2.12. The maximum Gasteiger partial charge on any atom is 0.264 e. The number of nitrogens with one attached hydrogen (secondary N) is 1. The van der Waals surface area contributed by atoms with Crippen LogP contribution in [-0.2, 0) is 6.61 Å². The minimum Gasteiger partial charge on any atom is -0.483 e. The summed E-state index contributed by atoms with van der Waals surface area (Å²) in [5.74, 6) is 0.909. The van der Waals surface area contributed by atoms with Crippen molar-refractivity contribution in [3.63, 3.8) is 0 Å². The molecule has 30 heavy (non-hydrogen) atoms.